The van der Waals surface area contributed by atoms with Crippen LogP contribution < -0.4 is 0 Å². The number of aliphatic hydroxyl groups excluding tert-OH is 1. The van der Waals surface area contributed by atoms with Gasteiger partial charge in [0.2, 0.25) is 0 Å². The van der Waals surface area contributed by atoms with Crippen molar-refractivity contribution in [1.29, 1.82) is 0 Å². The van der Waals surface area contributed by atoms with E-state index in [4.69, 9.17) is 23.7 Å². The zero-order valence-electron chi connectivity index (χ0n) is 27.1. The van der Waals surface area contributed by atoms with Crippen LogP contribution in [0.4, 0.5) is 0 Å². The van der Waals surface area contributed by atoms with Crippen LogP contribution in [0.1, 0.15) is 54.6 Å². The molecule has 2 aromatic carbocycles. The Morgan fingerprint density at radius 3 is 2.10 bits per heavy atom. The van der Waals surface area contributed by atoms with Crippen molar-refractivity contribution in [3.63, 3.8) is 0 Å². The lowest BCUT2D eigenvalue weighted by Gasteiger charge is -2.45. The van der Waals surface area contributed by atoms with E-state index in [1.807, 2.05) is 0 Å². The van der Waals surface area contributed by atoms with Gasteiger partial charge in [-0.3, -0.25) is 38.2 Å². The Morgan fingerprint density at radius 1 is 0.820 bits per heavy atom. The lowest BCUT2D eigenvalue weighted by atomic mass is 9.96. The van der Waals surface area contributed by atoms with E-state index < -0.39 is 79.7 Å². The smallest absolute Gasteiger partial charge is 0.303 e. The summed E-state index contributed by atoms with van der Waals surface area (Å²) in [5.74, 6) is -4.50. The Hall–Kier alpha value is -5.87. The Kier molecular flexibility index (Phi) is 7.99. The van der Waals surface area contributed by atoms with E-state index in [-0.39, 0.29) is 22.2 Å². The van der Waals surface area contributed by atoms with Crippen LogP contribution in [0.2, 0.25) is 0 Å². The number of benzene rings is 2. The summed E-state index contributed by atoms with van der Waals surface area (Å²) in [7, 11) is 0. The molecule has 5 atom stereocenters. The van der Waals surface area contributed by atoms with E-state index in [2.05, 4.69) is 9.97 Å². The fraction of sp³-hybridized carbons (Fsp3) is 0.324. The number of pyridine rings is 1. The van der Waals surface area contributed by atoms with Crippen molar-refractivity contribution < 1.29 is 57.6 Å². The lowest BCUT2D eigenvalue weighted by Crippen LogP contribution is -2.60. The molecule has 258 valence electrons. The van der Waals surface area contributed by atoms with Crippen molar-refractivity contribution in [3.05, 3.63) is 53.7 Å². The normalized spacial score (nSPS) is 21.9. The number of carbonyl (C=O) groups is 6. The van der Waals surface area contributed by atoms with E-state index in [0.29, 0.717) is 32.7 Å². The highest BCUT2D eigenvalue weighted by atomic mass is 16.7. The summed E-state index contributed by atoms with van der Waals surface area (Å²) in [6.45, 7) is 3.22. The summed E-state index contributed by atoms with van der Waals surface area (Å²) in [6.07, 6.45) is -5.63. The molecule has 50 heavy (non-hydrogen) atoms. The van der Waals surface area contributed by atoms with Gasteiger partial charge in [-0.2, -0.15) is 0 Å². The van der Waals surface area contributed by atoms with Crippen LogP contribution in [0.25, 0.3) is 43.7 Å². The molecule has 5 heterocycles. The Labute approximate surface area is 281 Å². The number of nitrogens with zero attached hydrogens (tertiary/aromatic N) is 3. The summed E-state index contributed by atoms with van der Waals surface area (Å²) in [5.41, 5.74) is 1.59. The molecule has 16 nitrogen and oxygen atoms in total. The predicted octanol–water partition coefficient (Wildman–Crippen LogP) is 2.63. The molecule has 3 aromatic heterocycles. The minimum Gasteiger partial charge on any atom is -0.463 e. The molecule has 2 aliphatic rings. The van der Waals surface area contributed by atoms with Gasteiger partial charge >= 0.3 is 23.9 Å². The number of H-pyrrole nitrogens is 1. The van der Waals surface area contributed by atoms with Crippen LogP contribution in [-0.2, 0) is 42.9 Å². The first-order chi connectivity index (χ1) is 23.9. The maximum absolute atomic E-state index is 14.0. The van der Waals surface area contributed by atoms with Crippen molar-refractivity contribution in [2.75, 3.05) is 13.3 Å². The molecule has 7 rings (SSSR count). The molecule has 0 aliphatic carbocycles. The van der Waals surface area contributed by atoms with Gasteiger partial charge in [0.1, 0.15) is 25.1 Å². The van der Waals surface area contributed by atoms with Crippen LogP contribution in [-0.4, -0.2) is 98.0 Å². The number of imide groups is 1. The first kappa shape index (κ1) is 32.7. The van der Waals surface area contributed by atoms with Crippen molar-refractivity contribution in [2.24, 2.45) is 0 Å². The minimum absolute atomic E-state index is 0.0127. The van der Waals surface area contributed by atoms with Crippen LogP contribution in [0.15, 0.2) is 42.6 Å². The highest BCUT2D eigenvalue weighted by Gasteiger charge is 2.54. The van der Waals surface area contributed by atoms with E-state index in [9.17, 15) is 33.9 Å². The molecule has 2 aliphatic heterocycles. The summed E-state index contributed by atoms with van der Waals surface area (Å²) in [5, 5.41) is 11.8. The zero-order valence-corrected chi connectivity index (χ0v) is 27.1. The summed E-state index contributed by atoms with van der Waals surface area (Å²) in [4.78, 5) is 86.0. The Balaban J connectivity index is 1.61. The van der Waals surface area contributed by atoms with Gasteiger partial charge in [-0.25, -0.2) is 4.98 Å². The fourth-order valence-electron chi connectivity index (χ4n) is 7.05. The number of aromatic nitrogens is 3. The SMILES string of the molecule is CC(=O)OC[C@H]1OC(n2c3ncccc3c3c4c(c5c6ccccc6[nH]c5c32)C(=O)N(CO)C4=O)[C@H](OC(C)=O)[C@@H](OC(C)=O)[C@@H]1OC(C)=O. The third-order valence-electron chi connectivity index (χ3n) is 8.74. The van der Waals surface area contributed by atoms with E-state index in [1.54, 1.807) is 41.0 Å². The maximum atomic E-state index is 14.0. The van der Waals surface area contributed by atoms with Gasteiger partial charge < -0.3 is 33.8 Å². The first-order valence-electron chi connectivity index (χ1n) is 15.5. The van der Waals surface area contributed by atoms with Crippen LogP contribution in [0.3, 0.4) is 0 Å². The third kappa shape index (κ3) is 5.02. The number of nitrogens with one attached hydrogen (secondary N) is 1. The predicted molar refractivity (Wildman–Crippen MR) is 171 cm³/mol. The van der Waals surface area contributed by atoms with E-state index in [0.717, 1.165) is 25.7 Å². The van der Waals surface area contributed by atoms with Gasteiger partial charge in [0.15, 0.2) is 24.5 Å². The Bertz CT molecular complexity index is 2290. The van der Waals surface area contributed by atoms with Gasteiger partial charge in [0, 0.05) is 61.0 Å². The average Bonchev–Trinajstić information content (AvgIpc) is 3.68. The highest BCUT2D eigenvalue weighted by molar-refractivity contribution is 6.39. The van der Waals surface area contributed by atoms with Gasteiger partial charge in [0.05, 0.1) is 22.2 Å². The standard InChI is InChI=1S/C34H30N4O12/c1-14(40)46-12-21-28(47-15(2)41)29(48-16(3)42)30(49-17(4)43)34(50-21)38-27-23(19-9-7-11-35-31(19)38)25-24(32(44)37(13-39)33(25)45)22-18-8-5-6-10-20(18)36-26(22)27/h5-11,21,28-30,34,36,39H,12-13H2,1-4H3/t21-,28-,29+,30-,34?/m1/s1. The number of ether oxygens (including phenoxy) is 5. The van der Waals surface area contributed by atoms with Gasteiger partial charge in [-0.1, -0.05) is 18.2 Å². The summed E-state index contributed by atoms with van der Waals surface area (Å²) in [6, 6.07) is 10.4. The number of aromatic amines is 1. The molecule has 0 saturated carbocycles. The van der Waals surface area contributed by atoms with Crippen LogP contribution in [0, 0.1) is 0 Å². The zero-order chi connectivity index (χ0) is 35.6. The Morgan fingerprint density at radius 2 is 1.44 bits per heavy atom. The molecular weight excluding hydrogens is 656 g/mol. The molecule has 1 saturated heterocycles. The van der Waals surface area contributed by atoms with Crippen molar-refractivity contribution in [2.45, 2.75) is 58.3 Å². The maximum Gasteiger partial charge on any atom is 0.303 e. The fourth-order valence-corrected chi connectivity index (χ4v) is 7.05. The van der Waals surface area contributed by atoms with E-state index in [1.165, 1.54) is 13.1 Å². The summed E-state index contributed by atoms with van der Waals surface area (Å²) < 4.78 is 30.4. The van der Waals surface area contributed by atoms with Gasteiger partial charge in [-0.05, 0) is 18.2 Å². The number of aliphatic hydroxyl groups is 1. The number of hydrogen-bond donors (Lipinski definition) is 2. The molecule has 5 aromatic rings. The summed E-state index contributed by atoms with van der Waals surface area (Å²) >= 11 is 0. The molecule has 0 bridgehead atoms. The molecule has 16 heteroatoms. The second-order valence-corrected chi connectivity index (χ2v) is 11.9. The molecule has 1 fully saturated rings. The molecule has 2 N–H and O–H groups in total. The van der Waals surface area contributed by atoms with Crippen molar-refractivity contribution >= 4 is 79.4 Å². The lowest BCUT2D eigenvalue weighted by molar-refractivity contribution is -0.267. The first-order valence-corrected chi connectivity index (χ1v) is 15.5. The second kappa shape index (κ2) is 12.2. The highest BCUT2D eigenvalue weighted by Crippen LogP contribution is 2.47. The number of fused-ring (bicyclic) bond motifs is 10. The average molecular weight is 687 g/mol. The number of hydrogen-bond acceptors (Lipinski definition) is 13. The van der Waals surface area contributed by atoms with Gasteiger partial charge in [-0.15, -0.1) is 0 Å². The quantitative estimate of drug-likeness (QED) is 0.144. The second-order valence-electron chi connectivity index (χ2n) is 11.9. The molecule has 0 spiro atoms. The van der Waals surface area contributed by atoms with Crippen molar-refractivity contribution in [1.82, 2.24) is 19.4 Å². The minimum atomic E-state index is -1.51. The number of para-hydroxylation sites is 1. The molecule has 0 radical (unpaired) electrons. The number of rotatable bonds is 7. The van der Waals surface area contributed by atoms with E-state index >= 15 is 0 Å². The largest absolute Gasteiger partial charge is 0.463 e. The number of amides is 2. The number of carbonyl (C=O) groups excluding carboxylic acids is 6. The topological polar surface area (TPSA) is 206 Å². The number of esters is 4. The molecular formula is C34H30N4O12. The monoisotopic (exact) mass is 686 g/mol. The molecule has 1 unspecified atom stereocenters. The molecule has 2 amide bonds. The van der Waals surface area contributed by atoms with Crippen LogP contribution in [0.5, 0.6) is 0 Å². The van der Waals surface area contributed by atoms with Crippen molar-refractivity contribution in [3.8, 4) is 0 Å². The van der Waals surface area contributed by atoms with Crippen LogP contribution >= 0.6 is 0 Å². The van der Waals surface area contributed by atoms with Gasteiger partial charge in [0.25, 0.3) is 11.8 Å². The third-order valence-corrected chi connectivity index (χ3v) is 8.74.